The molecule has 0 aromatic heterocycles. The molecule has 0 aliphatic rings. The quantitative estimate of drug-likeness (QED) is 0.198. The highest BCUT2D eigenvalue weighted by Gasteiger charge is 2.04. The zero-order valence-corrected chi connectivity index (χ0v) is 16.8. The van der Waals surface area contributed by atoms with E-state index < -0.39 is 9.85 Å². The van der Waals surface area contributed by atoms with E-state index >= 15 is 0 Å². The van der Waals surface area contributed by atoms with Crippen LogP contribution in [0.4, 0.5) is 22.7 Å². The molecule has 10 nitrogen and oxygen atoms in total. The van der Waals surface area contributed by atoms with Gasteiger partial charge in [-0.25, -0.2) is 0 Å². The molecule has 4 N–H and O–H groups in total. The number of anilines is 2. The number of rotatable bonds is 15. The Kier molecular flexibility index (Phi) is 10.0. The number of hydrogen-bond donors (Lipinski definition) is 4. The van der Waals surface area contributed by atoms with Crippen molar-refractivity contribution in [2.45, 2.75) is 12.8 Å². The molecule has 2 aromatic rings. The Morgan fingerprint density at radius 3 is 1.27 bits per heavy atom. The molecule has 0 fully saturated rings. The average molecular weight is 416 g/mol. The zero-order chi connectivity index (χ0) is 21.6. The maximum atomic E-state index is 10.6. The molecule has 10 heteroatoms. The molecule has 162 valence electrons. The van der Waals surface area contributed by atoms with Crippen LogP contribution in [0.2, 0.25) is 0 Å². The first-order chi connectivity index (χ1) is 14.6. The van der Waals surface area contributed by atoms with Crippen LogP contribution in [0.3, 0.4) is 0 Å². The van der Waals surface area contributed by atoms with Gasteiger partial charge in [0, 0.05) is 61.8 Å². The number of nitrogens with one attached hydrogen (secondary N) is 4. The molecule has 0 saturated heterocycles. The minimum atomic E-state index is -0.406. The second-order valence-electron chi connectivity index (χ2n) is 6.67. The van der Waals surface area contributed by atoms with Crippen molar-refractivity contribution >= 4 is 22.7 Å². The Morgan fingerprint density at radius 2 is 0.933 bits per heavy atom. The van der Waals surface area contributed by atoms with Gasteiger partial charge in [-0.1, -0.05) is 0 Å². The summed E-state index contributed by atoms with van der Waals surface area (Å²) >= 11 is 0. The number of nitro groups is 2. The molecule has 30 heavy (non-hydrogen) atoms. The lowest BCUT2D eigenvalue weighted by atomic mass is 10.3. The summed E-state index contributed by atoms with van der Waals surface area (Å²) < 4.78 is 0. The van der Waals surface area contributed by atoms with Crippen molar-refractivity contribution in [2.75, 3.05) is 49.9 Å². The maximum Gasteiger partial charge on any atom is 0.269 e. The third-order valence-electron chi connectivity index (χ3n) is 4.35. The predicted octanol–water partition coefficient (Wildman–Crippen LogP) is 2.99. The number of benzene rings is 2. The lowest BCUT2D eigenvalue weighted by Crippen LogP contribution is -2.29. The van der Waals surface area contributed by atoms with Crippen LogP contribution >= 0.6 is 0 Å². The fourth-order valence-corrected chi connectivity index (χ4v) is 2.72. The van der Waals surface area contributed by atoms with E-state index in [1.54, 1.807) is 24.3 Å². The SMILES string of the molecule is O=[N+]([O-])c1ccc(NCCCNCCNCCCNc2ccc([N+](=O)[O-])cc2)cc1. The summed E-state index contributed by atoms with van der Waals surface area (Å²) in [5, 5.41) is 34.4. The van der Waals surface area contributed by atoms with Gasteiger partial charge >= 0.3 is 0 Å². The van der Waals surface area contributed by atoms with Gasteiger partial charge in [-0.05, 0) is 50.2 Å². The van der Waals surface area contributed by atoms with Crippen LogP contribution in [0.1, 0.15) is 12.8 Å². The highest BCUT2D eigenvalue weighted by molar-refractivity contribution is 5.49. The zero-order valence-electron chi connectivity index (χ0n) is 16.8. The molecule has 0 radical (unpaired) electrons. The average Bonchev–Trinajstić information content (AvgIpc) is 2.75. The second kappa shape index (κ2) is 13.1. The third kappa shape index (κ3) is 8.84. The lowest BCUT2D eigenvalue weighted by molar-refractivity contribution is -0.385. The van der Waals surface area contributed by atoms with Gasteiger partial charge in [-0.3, -0.25) is 20.2 Å². The van der Waals surface area contributed by atoms with Crippen LogP contribution in [0.5, 0.6) is 0 Å². The number of hydrogen-bond acceptors (Lipinski definition) is 8. The molecular formula is C20H28N6O4. The van der Waals surface area contributed by atoms with E-state index in [0.29, 0.717) is 0 Å². The Bertz CT molecular complexity index is 715. The Labute approximate surface area is 175 Å². The summed E-state index contributed by atoms with van der Waals surface area (Å²) in [6, 6.07) is 12.8. The highest BCUT2D eigenvalue weighted by atomic mass is 16.6. The molecule has 2 rings (SSSR count). The van der Waals surface area contributed by atoms with Crippen LogP contribution in [-0.4, -0.2) is 49.1 Å². The molecule has 0 bridgehead atoms. The van der Waals surface area contributed by atoms with Gasteiger partial charge in [-0.15, -0.1) is 0 Å². The van der Waals surface area contributed by atoms with Crippen molar-refractivity contribution in [1.29, 1.82) is 0 Å². The Balaban J connectivity index is 1.39. The summed E-state index contributed by atoms with van der Waals surface area (Å²) in [6.07, 6.45) is 1.91. The van der Waals surface area contributed by atoms with Crippen LogP contribution < -0.4 is 21.3 Å². The topological polar surface area (TPSA) is 134 Å². The minimum absolute atomic E-state index is 0.0943. The summed E-state index contributed by atoms with van der Waals surface area (Å²) in [4.78, 5) is 20.4. The van der Waals surface area contributed by atoms with E-state index in [4.69, 9.17) is 0 Å². The van der Waals surface area contributed by atoms with Gasteiger partial charge in [0.25, 0.3) is 11.4 Å². The van der Waals surface area contributed by atoms with E-state index in [0.717, 1.165) is 63.5 Å². The second-order valence-corrected chi connectivity index (χ2v) is 6.67. The largest absolute Gasteiger partial charge is 0.385 e. The van der Waals surface area contributed by atoms with Gasteiger partial charge in [0.15, 0.2) is 0 Å². The van der Waals surface area contributed by atoms with Gasteiger partial charge in [0.1, 0.15) is 0 Å². The summed E-state index contributed by atoms with van der Waals surface area (Å²) in [5.74, 6) is 0. The van der Waals surface area contributed by atoms with E-state index in [-0.39, 0.29) is 11.4 Å². The first-order valence-corrected chi connectivity index (χ1v) is 9.94. The van der Waals surface area contributed by atoms with Crippen molar-refractivity contribution in [3.63, 3.8) is 0 Å². The van der Waals surface area contributed by atoms with Crippen molar-refractivity contribution in [2.24, 2.45) is 0 Å². The smallest absolute Gasteiger partial charge is 0.269 e. The molecular weight excluding hydrogens is 388 g/mol. The molecule has 2 aromatic carbocycles. The first kappa shape index (κ1) is 23.0. The summed E-state index contributed by atoms with van der Waals surface area (Å²) in [7, 11) is 0. The minimum Gasteiger partial charge on any atom is -0.385 e. The number of non-ortho nitro benzene ring substituents is 2. The van der Waals surface area contributed by atoms with Crippen LogP contribution in [0.15, 0.2) is 48.5 Å². The summed E-state index contributed by atoms with van der Waals surface area (Å²) in [6.45, 7) is 5.15. The fourth-order valence-electron chi connectivity index (χ4n) is 2.72. The fraction of sp³-hybridized carbons (Fsp3) is 0.400. The van der Waals surface area contributed by atoms with Crippen molar-refractivity contribution in [3.05, 3.63) is 68.8 Å². The molecule has 0 unspecified atom stereocenters. The molecule has 0 heterocycles. The Morgan fingerprint density at radius 1 is 0.567 bits per heavy atom. The maximum absolute atomic E-state index is 10.6. The first-order valence-electron chi connectivity index (χ1n) is 9.94. The van der Waals surface area contributed by atoms with Crippen molar-refractivity contribution in [1.82, 2.24) is 10.6 Å². The predicted molar refractivity (Wildman–Crippen MR) is 118 cm³/mol. The van der Waals surface area contributed by atoms with Gasteiger partial charge in [-0.2, -0.15) is 0 Å². The molecule has 0 atom stereocenters. The number of nitrogens with zero attached hydrogens (tertiary/aromatic N) is 2. The van der Waals surface area contributed by atoms with Crippen LogP contribution in [-0.2, 0) is 0 Å². The standard InChI is InChI=1S/C20H28N6O4/c27-25(28)19-7-3-17(4-8-19)23-13-1-11-21-15-16-22-12-2-14-24-18-5-9-20(10-6-18)26(29)30/h3-10,21-24H,1-2,11-16H2. The number of nitro benzene ring substituents is 2. The lowest BCUT2D eigenvalue weighted by Gasteiger charge is -2.09. The normalized spacial score (nSPS) is 10.5. The van der Waals surface area contributed by atoms with Gasteiger partial charge in [0.2, 0.25) is 0 Å². The monoisotopic (exact) mass is 416 g/mol. The van der Waals surface area contributed by atoms with E-state index in [1.807, 2.05) is 0 Å². The van der Waals surface area contributed by atoms with E-state index in [1.165, 1.54) is 24.3 Å². The molecule has 0 aliphatic carbocycles. The Hall–Kier alpha value is -3.24. The summed E-state index contributed by atoms with van der Waals surface area (Å²) in [5.41, 5.74) is 1.95. The van der Waals surface area contributed by atoms with E-state index in [9.17, 15) is 20.2 Å². The molecule has 0 amide bonds. The van der Waals surface area contributed by atoms with Crippen LogP contribution in [0.25, 0.3) is 0 Å². The van der Waals surface area contributed by atoms with Crippen LogP contribution in [0, 0.1) is 20.2 Å². The van der Waals surface area contributed by atoms with E-state index in [2.05, 4.69) is 21.3 Å². The molecule has 0 saturated carbocycles. The van der Waals surface area contributed by atoms with Crippen molar-refractivity contribution in [3.8, 4) is 0 Å². The van der Waals surface area contributed by atoms with Gasteiger partial charge < -0.3 is 21.3 Å². The molecule has 0 spiro atoms. The molecule has 0 aliphatic heterocycles. The van der Waals surface area contributed by atoms with Crippen molar-refractivity contribution < 1.29 is 9.85 Å². The van der Waals surface area contributed by atoms with Gasteiger partial charge in [0.05, 0.1) is 9.85 Å². The highest BCUT2D eigenvalue weighted by Crippen LogP contribution is 2.16. The third-order valence-corrected chi connectivity index (χ3v) is 4.35.